The molecule has 17 heavy (non-hydrogen) atoms. The standard InChI is InChI=1S/C11H12BrNO4/c1-6-7(11(15)16)2-4-13(6)10(14)9-8(12)3-5-17-9/h3,5-7H,2,4H2,1H3,(H,15,16). The van der Waals surface area contributed by atoms with Crippen molar-refractivity contribution < 1.29 is 19.1 Å². The van der Waals surface area contributed by atoms with Crippen LogP contribution in [0.1, 0.15) is 23.9 Å². The highest BCUT2D eigenvalue weighted by molar-refractivity contribution is 9.10. The van der Waals surface area contributed by atoms with Crippen LogP contribution in [0.25, 0.3) is 0 Å². The van der Waals surface area contributed by atoms with Gasteiger partial charge in [-0.05, 0) is 35.3 Å². The van der Waals surface area contributed by atoms with Gasteiger partial charge in [0.15, 0.2) is 0 Å². The predicted molar refractivity (Wildman–Crippen MR) is 62.6 cm³/mol. The number of furan rings is 1. The van der Waals surface area contributed by atoms with Gasteiger partial charge < -0.3 is 14.4 Å². The third-order valence-electron chi connectivity index (χ3n) is 3.14. The first-order valence-electron chi connectivity index (χ1n) is 5.29. The first-order chi connectivity index (χ1) is 8.02. The summed E-state index contributed by atoms with van der Waals surface area (Å²) in [6, 6.07) is 1.33. The molecule has 2 rings (SSSR count). The average Bonchev–Trinajstić information content (AvgIpc) is 2.83. The lowest BCUT2D eigenvalue weighted by molar-refractivity contribution is -0.142. The van der Waals surface area contributed by atoms with E-state index >= 15 is 0 Å². The number of likely N-dealkylation sites (tertiary alicyclic amines) is 1. The second kappa shape index (κ2) is 4.52. The van der Waals surface area contributed by atoms with Crippen molar-refractivity contribution in [3.8, 4) is 0 Å². The van der Waals surface area contributed by atoms with Crippen LogP contribution in [0.15, 0.2) is 21.2 Å². The molecule has 1 aliphatic rings. The minimum atomic E-state index is -0.855. The number of carbonyl (C=O) groups excluding carboxylic acids is 1. The molecule has 92 valence electrons. The second-order valence-corrected chi connectivity index (χ2v) is 4.92. The molecular weight excluding hydrogens is 290 g/mol. The molecule has 1 saturated heterocycles. The summed E-state index contributed by atoms with van der Waals surface area (Å²) in [5, 5.41) is 9.00. The number of halogens is 1. The lowest BCUT2D eigenvalue weighted by Gasteiger charge is -2.22. The van der Waals surface area contributed by atoms with Crippen molar-refractivity contribution in [2.75, 3.05) is 6.54 Å². The molecule has 1 aromatic heterocycles. The SMILES string of the molecule is CC1C(C(=O)O)CCN1C(=O)c1occc1Br. The monoisotopic (exact) mass is 301 g/mol. The van der Waals surface area contributed by atoms with Crippen LogP contribution in [0.5, 0.6) is 0 Å². The van der Waals surface area contributed by atoms with E-state index in [1.807, 2.05) is 0 Å². The molecule has 0 saturated carbocycles. The normalized spacial score (nSPS) is 24.0. The van der Waals surface area contributed by atoms with Crippen LogP contribution < -0.4 is 0 Å². The lowest BCUT2D eigenvalue weighted by Crippen LogP contribution is -2.37. The smallest absolute Gasteiger partial charge is 0.308 e. The van der Waals surface area contributed by atoms with E-state index in [0.717, 1.165) is 0 Å². The zero-order valence-corrected chi connectivity index (χ0v) is 10.8. The first-order valence-corrected chi connectivity index (χ1v) is 6.08. The van der Waals surface area contributed by atoms with Gasteiger partial charge in [0.25, 0.3) is 5.91 Å². The van der Waals surface area contributed by atoms with Crippen LogP contribution in [0, 0.1) is 5.92 Å². The summed E-state index contributed by atoms with van der Waals surface area (Å²) >= 11 is 3.22. The van der Waals surface area contributed by atoms with Crippen molar-refractivity contribution in [1.29, 1.82) is 0 Å². The Morgan fingerprint density at radius 1 is 1.59 bits per heavy atom. The summed E-state index contributed by atoms with van der Waals surface area (Å²) in [5.41, 5.74) is 0. The molecular formula is C11H12BrNO4. The average molecular weight is 302 g/mol. The molecule has 6 heteroatoms. The Morgan fingerprint density at radius 3 is 2.76 bits per heavy atom. The molecule has 0 aliphatic carbocycles. The summed E-state index contributed by atoms with van der Waals surface area (Å²) in [5.74, 6) is -1.39. The Balaban J connectivity index is 2.18. The van der Waals surface area contributed by atoms with Crippen LogP contribution in [-0.2, 0) is 4.79 Å². The van der Waals surface area contributed by atoms with Gasteiger partial charge in [-0.3, -0.25) is 9.59 Å². The van der Waals surface area contributed by atoms with E-state index in [0.29, 0.717) is 17.4 Å². The van der Waals surface area contributed by atoms with Gasteiger partial charge in [-0.15, -0.1) is 0 Å². The molecule has 0 bridgehead atoms. The molecule has 2 unspecified atom stereocenters. The summed E-state index contributed by atoms with van der Waals surface area (Å²) < 4.78 is 5.69. The highest BCUT2D eigenvalue weighted by atomic mass is 79.9. The quantitative estimate of drug-likeness (QED) is 0.907. The predicted octanol–water partition coefficient (Wildman–Crippen LogP) is 1.98. The van der Waals surface area contributed by atoms with Crippen molar-refractivity contribution in [3.63, 3.8) is 0 Å². The van der Waals surface area contributed by atoms with Crippen molar-refractivity contribution >= 4 is 27.8 Å². The number of carboxylic acid groups (broad SMARTS) is 1. The molecule has 0 aromatic carbocycles. The van der Waals surface area contributed by atoms with E-state index in [4.69, 9.17) is 9.52 Å². The van der Waals surface area contributed by atoms with E-state index in [9.17, 15) is 9.59 Å². The molecule has 1 N–H and O–H groups in total. The number of nitrogens with zero attached hydrogens (tertiary/aromatic N) is 1. The van der Waals surface area contributed by atoms with Crippen LogP contribution in [0.3, 0.4) is 0 Å². The topological polar surface area (TPSA) is 70.8 Å². The fourth-order valence-corrected chi connectivity index (χ4v) is 2.50. The molecule has 1 aliphatic heterocycles. The van der Waals surface area contributed by atoms with Gasteiger partial charge >= 0.3 is 5.97 Å². The van der Waals surface area contributed by atoms with E-state index < -0.39 is 11.9 Å². The van der Waals surface area contributed by atoms with Crippen molar-refractivity contribution in [3.05, 3.63) is 22.6 Å². The number of carbonyl (C=O) groups is 2. The number of aliphatic carboxylic acids is 1. The molecule has 1 fully saturated rings. The van der Waals surface area contributed by atoms with Gasteiger partial charge in [-0.25, -0.2) is 0 Å². The maximum Gasteiger partial charge on any atom is 0.308 e. The van der Waals surface area contributed by atoms with Crippen LogP contribution in [0.2, 0.25) is 0 Å². The first kappa shape index (κ1) is 12.2. The largest absolute Gasteiger partial charge is 0.481 e. The van der Waals surface area contributed by atoms with Gasteiger partial charge in [-0.1, -0.05) is 0 Å². The van der Waals surface area contributed by atoms with E-state index in [1.54, 1.807) is 17.9 Å². The fourth-order valence-electron chi connectivity index (χ4n) is 2.13. The highest BCUT2D eigenvalue weighted by Gasteiger charge is 2.39. The molecule has 0 radical (unpaired) electrons. The van der Waals surface area contributed by atoms with Gasteiger partial charge in [0.05, 0.1) is 16.7 Å². The van der Waals surface area contributed by atoms with Crippen molar-refractivity contribution in [1.82, 2.24) is 4.90 Å². The van der Waals surface area contributed by atoms with Gasteiger partial charge in [0, 0.05) is 12.6 Å². The molecule has 1 amide bonds. The minimum absolute atomic E-state index is 0.225. The fraction of sp³-hybridized carbons (Fsp3) is 0.455. The summed E-state index contributed by atoms with van der Waals surface area (Å²) in [4.78, 5) is 24.6. The van der Waals surface area contributed by atoms with E-state index in [2.05, 4.69) is 15.9 Å². The number of rotatable bonds is 2. The number of carboxylic acids is 1. The van der Waals surface area contributed by atoms with Crippen molar-refractivity contribution in [2.24, 2.45) is 5.92 Å². The Morgan fingerprint density at radius 2 is 2.29 bits per heavy atom. The summed E-state index contributed by atoms with van der Waals surface area (Å²) in [6.45, 7) is 2.20. The Kier molecular flexibility index (Phi) is 3.24. The molecule has 1 aromatic rings. The maximum atomic E-state index is 12.1. The summed E-state index contributed by atoms with van der Waals surface area (Å²) in [6.07, 6.45) is 1.91. The second-order valence-electron chi connectivity index (χ2n) is 4.07. The van der Waals surface area contributed by atoms with Gasteiger partial charge in [0.1, 0.15) is 0 Å². The van der Waals surface area contributed by atoms with Gasteiger partial charge in [-0.2, -0.15) is 0 Å². The number of amides is 1. The highest BCUT2D eigenvalue weighted by Crippen LogP contribution is 2.28. The van der Waals surface area contributed by atoms with Crippen molar-refractivity contribution in [2.45, 2.75) is 19.4 Å². The molecule has 0 spiro atoms. The Bertz CT molecular complexity index is 456. The van der Waals surface area contributed by atoms with Crippen LogP contribution >= 0.6 is 15.9 Å². The molecule has 2 heterocycles. The molecule has 2 atom stereocenters. The Hall–Kier alpha value is -1.30. The van der Waals surface area contributed by atoms with E-state index in [-0.39, 0.29) is 17.7 Å². The zero-order chi connectivity index (χ0) is 12.6. The maximum absolute atomic E-state index is 12.1. The number of hydrogen-bond acceptors (Lipinski definition) is 3. The minimum Gasteiger partial charge on any atom is -0.481 e. The molecule has 5 nitrogen and oxygen atoms in total. The lowest BCUT2D eigenvalue weighted by atomic mass is 10.0. The zero-order valence-electron chi connectivity index (χ0n) is 9.22. The number of hydrogen-bond donors (Lipinski definition) is 1. The van der Waals surface area contributed by atoms with E-state index in [1.165, 1.54) is 6.26 Å². The summed E-state index contributed by atoms with van der Waals surface area (Å²) in [7, 11) is 0. The Labute approximate surface area is 107 Å². The third-order valence-corrected chi connectivity index (χ3v) is 3.77. The third kappa shape index (κ3) is 2.09. The van der Waals surface area contributed by atoms with Crippen LogP contribution in [-0.4, -0.2) is 34.5 Å². The van der Waals surface area contributed by atoms with Gasteiger partial charge in [0.2, 0.25) is 5.76 Å². The van der Waals surface area contributed by atoms with Crippen LogP contribution in [0.4, 0.5) is 0 Å².